The Morgan fingerprint density at radius 2 is 2.33 bits per heavy atom. The summed E-state index contributed by atoms with van der Waals surface area (Å²) in [4.78, 5) is 13.2. The van der Waals surface area contributed by atoms with Crippen molar-refractivity contribution in [3.8, 4) is 0 Å². The van der Waals surface area contributed by atoms with Gasteiger partial charge in [0.25, 0.3) is 0 Å². The van der Waals surface area contributed by atoms with E-state index in [-0.39, 0.29) is 0 Å². The summed E-state index contributed by atoms with van der Waals surface area (Å²) in [5.74, 6) is 1.63. The van der Waals surface area contributed by atoms with Gasteiger partial charge in [-0.1, -0.05) is 23.4 Å². The molecule has 2 heterocycles. The molecule has 1 aromatic heterocycles. The summed E-state index contributed by atoms with van der Waals surface area (Å²) in [7, 11) is 4.24. The summed E-state index contributed by atoms with van der Waals surface area (Å²) in [5.41, 5.74) is 0. The summed E-state index contributed by atoms with van der Waals surface area (Å²) in [6, 6.07) is 1.83. The van der Waals surface area contributed by atoms with Crippen LogP contribution < -0.4 is 4.90 Å². The first-order valence-electron chi connectivity index (χ1n) is 6.06. The zero-order valence-electron chi connectivity index (χ0n) is 11.1. The second-order valence-corrected chi connectivity index (χ2v) is 5.99. The molecule has 1 aliphatic rings. The van der Waals surface area contributed by atoms with Crippen molar-refractivity contribution in [2.75, 3.05) is 44.9 Å². The molecule has 1 aliphatic heterocycles. The lowest BCUT2D eigenvalue weighted by molar-refractivity contribution is 0.395. The lowest BCUT2D eigenvalue weighted by Gasteiger charge is -2.22. The quantitative estimate of drug-likeness (QED) is 0.481. The third-order valence-corrected chi connectivity index (χ3v) is 4.00. The summed E-state index contributed by atoms with van der Waals surface area (Å²) in [5, 5.41) is 1.24. The molecule has 0 saturated carbocycles. The average molecular weight is 287 g/mol. The van der Waals surface area contributed by atoms with Gasteiger partial charge in [-0.25, -0.2) is 9.97 Å². The van der Waals surface area contributed by atoms with E-state index in [9.17, 15) is 0 Å². The van der Waals surface area contributed by atoms with E-state index in [1.807, 2.05) is 12.3 Å². The minimum absolute atomic E-state index is 0.514. The highest BCUT2D eigenvalue weighted by molar-refractivity contribution is 7.98. The summed E-state index contributed by atoms with van der Waals surface area (Å²) in [6.07, 6.45) is 3.22. The third-order valence-electron chi connectivity index (χ3n) is 3.26. The molecular weight excluding hydrogens is 268 g/mol. The Morgan fingerprint density at radius 3 is 2.94 bits per heavy atom. The molecule has 6 heteroatoms. The zero-order chi connectivity index (χ0) is 13.1. The standard InChI is InChI=1S/C12H19ClN4S/c1-16-5-4-9(7-16)8-17(2)11-6-10(13)14-12(15-11)18-3/h6,9H,4-5,7-8H2,1-3H3. The van der Waals surface area contributed by atoms with Gasteiger partial charge in [0.1, 0.15) is 11.0 Å². The minimum Gasteiger partial charge on any atom is -0.359 e. The summed E-state index contributed by atoms with van der Waals surface area (Å²) < 4.78 is 0. The SMILES string of the molecule is CSc1nc(Cl)cc(N(C)CC2CCN(C)C2)n1. The molecule has 18 heavy (non-hydrogen) atoms. The van der Waals surface area contributed by atoms with Crippen LogP contribution in [0.3, 0.4) is 0 Å². The maximum absolute atomic E-state index is 6.01. The van der Waals surface area contributed by atoms with E-state index in [0.29, 0.717) is 11.1 Å². The molecule has 1 aromatic rings. The fourth-order valence-corrected chi connectivity index (χ4v) is 2.93. The molecule has 1 atom stereocenters. The molecule has 0 amide bonds. The van der Waals surface area contributed by atoms with E-state index in [4.69, 9.17) is 11.6 Å². The van der Waals surface area contributed by atoms with Crippen molar-refractivity contribution < 1.29 is 0 Å². The van der Waals surface area contributed by atoms with Crippen molar-refractivity contribution in [2.45, 2.75) is 11.6 Å². The molecule has 1 saturated heterocycles. The second kappa shape index (κ2) is 6.08. The maximum Gasteiger partial charge on any atom is 0.190 e. The highest BCUT2D eigenvalue weighted by Gasteiger charge is 2.21. The van der Waals surface area contributed by atoms with Crippen LogP contribution in [0, 0.1) is 5.92 Å². The number of rotatable bonds is 4. The van der Waals surface area contributed by atoms with Crippen LogP contribution in [0.1, 0.15) is 6.42 Å². The summed E-state index contributed by atoms with van der Waals surface area (Å²) >= 11 is 7.53. The van der Waals surface area contributed by atoms with Gasteiger partial charge in [-0.15, -0.1) is 0 Å². The monoisotopic (exact) mass is 286 g/mol. The van der Waals surface area contributed by atoms with Crippen LogP contribution in [0.2, 0.25) is 5.15 Å². The van der Waals surface area contributed by atoms with Gasteiger partial charge in [0.2, 0.25) is 0 Å². The van der Waals surface area contributed by atoms with Gasteiger partial charge < -0.3 is 9.80 Å². The van der Waals surface area contributed by atoms with E-state index in [0.717, 1.165) is 17.5 Å². The highest BCUT2D eigenvalue weighted by Crippen LogP contribution is 2.22. The largest absolute Gasteiger partial charge is 0.359 e. The highest BCUT2D eigenvalue weighted by atomic mass is 35.5. The Morgan fingerprint density at radius 1 is 1.56 bits per heavy atom. The molecule has 1 fully saturated rings. The number of nitrogens with zero attached hydrogens (tertiary/aromatic N) is 4. The molecule has 0 spiro atoms. The van der Waals surface area contributed by atoms with Gasteiger partial charge >= 0.3 is 0 Å². The van der Waals surface area contributed by atoms with Gasteiger partial charge in [-0.2, -0.15) is 0 Å². The molecule has 0 aromatic carbocycles. The van der Waals surface area contributed by atoms with Gasteiger partial charge in [0, 0.05) is 26.2 Å². The van der Waals surface area contributed by atoms with Crippen molar-refractivity contribution >= 4 is 29.2 Å². The summed E-state index contributed by atoms with van der Waals surface area (Å²) in [6.45, 7) is 3.38. The topological polar surface area (TPSA) is 32.3 Å². The Labute approximate surface area is 118 Å². The van der Waals surface area contributed by atoms with E-state index in [2.05, 4.69) is 33.9 Å². The first kappa shape index (κ1) is 13.9. The number of halogens is 1. The van der Waals surface area contributed by atoms with Gasteiger partial charge in [0.05, 0.1) is 0 Å². The van der Waals surface area contributed by atoms with Crippen LogP contribution in [0.25, 0.3) is 0 Å². The second-order valence-electron chi connectivity index (χ2n) is 4.83. The first-order chi connectivity index (χ1) is 8.58. The van der Waals surface area contributed by atoms with Crippen molar-refractivity contribution in [1.29, 1.82) is 0 Å². The molecule has 0 bridgehead atoms. The first-order valence-corrected chi connectivity index (χ1v) is 7.67. The van der Waals surface area contributed by atoms with Crippen LogP contribution >= 0.6 is 23.4 Å². The van der Waals surface area contributed by atoms with Crippen LogP contribution in [0.5, 0.6) is 0 Å². The van der Waals surface area contributed by atoms with E-state index < -0.39 is 0 Å². The normalized spacial score (nSPS) is 20.3. The predicted octanol–water partition coefficient (Wildman–Crippen LogP) is 2.24. The number of aromatic nitrogens is 2. The Hall–Kier alpha value is -0.520. The van der Waals surface area contributed by atoms with Gasteiger partial charge in [-0.05, 0) is 32.2 Å². The van der Waals surface area contributed by atoms with Crippen molar-refractivity contribution in [2.24, 2.45) is 5.92 Å². The maximum atomic E-state index is 6.01. The molecule has 0 N–H and O–H groups in total. The van der Waals surface area contributed by atoms with Crippen LogP contribution in [0.15, 0.2) is 11.2 Å². The van der Waals surface area contributed by atoms with Crippen LogP contribution in [-0.2, 0) is 0 Å². The average Bonchev–Trinajstić information content (AvgIpc) is 2.73. The Balaban J connectivity index is 2.03. The lowest BCUT2D eigenvalue weighted by atomic mass is 10.1. The fraction of sp³-hybridized carbons (Fsp3) is 0.667. The molecule has 4 nitrogen and oxygen atoms in total. The number of anilines is 1. The number of hydrogen-bond donors (Lipinski definition) is 0. The third kappa shape index (κ3) is 3.49. The Kier molecular flexibility index (Phi) is 4.70. The molecule has 100 valence electrons. The van der Waals surface area contributed by atoms with Crippen molar-refractivity contribution in [1.82, 2.24) is 14.9 Å². The van der Waals surface area contributed by atoms with Crippen LogP contribution in [0.4, 0.5) is 5.82 Å². The van der Waals surface area contributed by atoms with E-state index >= 15 is 0 Å². The Bertz CT molecular complexity index is 415. The van der Waals surface area contributed by atoms with Crippen molar-refractivity contribution in [3.05, 3.63) is 11.2 Å². The number of likely N-dealkylation sites (tertiary alicyclic amines) is 1. The lowest BCUT2D eigenvalue weighted by Crippen LogP contribution is -2.28. The molecule has 0 radical (unpaired) electrons. The fourth-order valence-electron chi connectivity index (χ4n) is 2.33. The minimum atomic E-state index is 0.514. The number of hydrogen-bond acceptors (Lipinski definition) is 5. The molecule has 2 rings (SSSR count). The van der Waals surface area contributed by atoms with Gasteiger partial charge in [-0.3, -0.25) is 0 Å². The smallest absolute Gasteiger partial charge is 0.190 e. The van der Waals surface area contributed by atoms with Gasteiger partial charge in [0.15, 0.2) is 5.16 Å². The molecular formula is C12H19ClN4S. The van der Waals surface area contributed by atoms with E-state index in [1.165, 1.54) is 31.3 Å². The van der Waals surface area contributed by atoms with Crippen LogP contribution in [-0.4, -0.2) is 54.9 Å². The van der Waals surface area contributed by atoms with E-state index in [1.54, 1.807) is 0 Å². The van der Waals surface area contributed by atoms with Crippen molar-refractivity contribution in [3.63, 3.8) is 0 Å². The predicted molar refractivity (Wildman–Crippen MR) is 77.7 cm³/mol. The zero-order valence-corrected chi connectivity index (χ0v) is 12.6. The number of thioether (sulfide) groups is 1. The molecule has 0 aliphatic carbocycles. The molecule has 1 unspecified atom stereocenters.